The van der Waals surface area contributed by atoms with Crippen LogP contribution in [0.5, 0.6) is 0 Å². The Labute approximate surface area is 185 Å². The van der Waals surface area contributed by atoms with Crippen molar-refractivity contribution in [1.29, 1.82) is 0 Å². The van der Waals surface area contributed by atoms with Crippen molar-refractivity contribution >= 4 is 11.8 Å². The van der Waals surface area contributed by atoms with Crippen LogP contribution in [0.1, 0.15) is 50.1 Å². The van der Waals surface area contributed by atoms with Crippen molar-refractivity contribution in [2.24, 2.45) is 11.8 Å². The van der Waals surface area contributed by atoms with Crippen LogP contribution < -0.4 is 0 Å². The van der Waals surface area contributed by atoms with E-state index in [4.69, 9.17) is 5.10 Å². The van der Waals surface area contributed by atoms with Gasteiger partial charge in [-0.1, -0.05) is 32.0 Å². The fraction of sp³-hybridized carbons (Fsp3) is 0.560. The number of nitrogens with zero attached hydrogens (tertiary/aromatic N) is 4. The Bertz CT molecular complexity index is 950. The van der Waals surface area contributed by atoms with Crippen LogP contribution in [-0.2, 0) is 16.0 Å². The smallest absolute Gasteiger partial charge is 0.227 e. The first-order chi connectivity index (χ1) is 14.9. The lowest BCUT2D eigenvalue weighted by Crippen LogP contribution is -2.57. The second-order valence-corrected chi connectivity index (χ2v) is 9.36. The zero-order valence-corrected chi connectivity index (χ0v) is 19.2. The van der Waals surface area contributed by atoms with Crippen LogP contribution in [0.4, 0.5) is 0 Å². The number of amides is 2. The van der Waals surface area contributed by atoms with Gasteiger partial charge in [0.1, 0.15) is 0 Å². The number of benzene rings is 1. The van der Waals surface area contributed by atoms with Gasteiger partial charge in [0, 0.05) is 42.9 Å². The number of para-hydroxylation sites is 1. The summed E-state index contributed by atoms with van der Waals surface area (Å²) in [5.41, 5.74) is 3.99. The summed E-state index contributed by atoms with van der Waals surface area (Å²) in [4.78, 5) is 30.0. The molecule has 6 nitrogen and oxygen atoms in total. The molecular formula is C25H34N4O2. The molecule has 2 atom stereocenters. The van der Waals surface area contributed by atoms with Crippen LogP contribution in [0.3, 0.4) is 0 Å². The molecule has 0 radical (unpaired) electrons. The van der Waals surface area contributed by atoms with Crippen LogP contribution in [0.25, 0.3) is 5.69 Å². The van der Waals surface area contributed by atoms with Crippen molar-refractivity contribution in [3.63, 3.8) is 0 Å². The number of carbonyl (C=O) groups excluding carboxylic acids is 2. The minimum absolute atomic E-state index is 0.0324. The standard InChI is InChI=1S/C25H34N4O2/c1-17(2)25(31)27-14-12-23-20(16-27)9-8-13-28(23)24(30)15-22-18(3)26-29(19(22)4)21-10-6-5-7-11-21/h5-7,10-11,17,20,23H,8-9,12-16H2,1-4H3/t20-,23-/m1/s1. The third kappa shape index (κ3) is 4.25. The van der Waals surface area contributed by atoms with Gasteiger partial charge in [-0.2, -0.15) is 5.10 Å². The van der Waals surface area contributed by atoms with Gasteiger partial charge < -0.3 is 9.80 Å². The Morgan fingerprint density at radius 1 is 1.10 bits per heavy atom. The normalized spacial score (nSPS) is 21.3. The monoisotopic (exact) mass is 422 g/mol. The van der Waals surface area contributed by atoms with Gasteiger partial charge >= 0.3 is 0 Å². The van der Waals surface area contributed by atoms with E-state index in [0.717, 1.165) is 61.5 Å². The van der Waals surface area contributed by atoms with Crippen LogP contribution in [0, 0.1) is 25.7 Å². The number of aromatic nitrogens is 2. The first-order valence-corrected chi connectivity index (χ1v) is 11.6. The molecule has 2 aliphatic rings. The lowest BCUT2D eigenvalue weighted by atomic mass is 9.83. The minimum Gasteiger partial charge on any atom is -0.342 e. The topological polar surface area (TPSA) is 58.4 Å². The van der Waals surface area contributed by atoms with Gasteiger partial charge in [0.25, 0.3) is 0 Å². The van der Waals surface area contributed by atoms with E-state index in [1.807, 2.05) is 67.6 Å². The molecule has 6 heteroatoms. The number of likely N-dealkylation sites (tertiary alicyclic amines) is 2. The predicted molar refractivity (Wildman–Crippen MR) is 121 cm³/mol. The van der Waals surface area contributed by atoms with Crippen LogP contribution in [0.15, 0.2) is 30.3 Å². The highest BCUT2D eigenvalue weighted by atomic mass is 16.2. The maximum Gasteiger partial charge on any atom is 0.227 e. The van der Waals surface area contributed by atoms with Gasteiger partial charge in [0.05, 0.1) is 17.8 Å². The van der Waals surface area contributed by atoms with Crippen molar-refractivity contribution in [1.82, 2.24) is 19.6 Å². The summed E-state index contributed by atoms with van der Waals surface area (Å²) < 4.78 is 1.94. The molecule has 0 spiro atoms. The highest BCUT2D eigenvalue weighted by Gasteiger charge is 2.39. The Balaban J connectivity index is 1.48. The van der Waals surface area contributed by atoms with Crippen molar-refractivity contribution < 1.29 is 9.59 Å². The summed E-state index contributed by atoms with van der Waals surface area (Å²) in [5.74, 6) is 0.854. The summed E-state index contributed by atoms with van der Waals surface area (Å²) in [7, 11) is 0. The van der Waals surface area contributed by atoms with Crippen molar-refractivity contribution in [2.75, 3.05) is 19.6 Å². The van der Waals surface area contributed by atoms with E-state index in [-0.39, 0.29) is 23.8 Å². The summed E-state index contributed by atoms with van der Waals surface area (Å²) >= 11 is 0. The predicted octanol–water partition coefficient (Wildman–Crippen LogP) is 3.53. The first-order valence-electron chi connectivity index (χ1n) is 11.6. The molecule has 1 aromatic carbocycles. The van der Waals surface area contributed by atoms with Crippen molar-refractivity contribution in [3.05, 3.63) is 47.3 Å². The van der Waals surface area contributed by atoms with Gasteiger partial charge in [0.15, 0.2) is 0 Å². The fourth-order valence-corrected chi connectivity index (χ4v) is 5.28. The van der Waals surface area contributed by atoms with Crippen LogP contribution in [0.2, 0.25) is 0 Å². The molecule has 2 saturated heterocycles. The number of fused-ring (bicyclic) bond motifs is 1. The van der Waals surface area contributed by atoms with Gasteiger partial charge in [-0.3, -0.25) is 9.59 Å². The maximum absolute atomic E-state index is 13.4. The van der Waals surface area contributed by atoms with E-state index in [0.29, 0.717) is 12.3 Å². The molecule has 2 aromatic rings. The van der Waals surface area contributed by atoms with E-state index in [1.54, 1.807) is 0 Å². The third-order valence-electron chi connectivity index (χ3n) is 6.96. The number of aryl methyl sites for hydroxylation is 1. The molecule has 166 valence electrons. The average Bonchev–Trinajstić information content (AvgIpc) is 3.06. The minimum atomic E-state index is 0.0324. The molecule has 1 aromatic heterocycles. The molecule has 2 aliphatic heterocycles. The lowest BCUT2D eigenvalue weighted by molar-refractivity contribution is -0.142. The van der Waals surface area contributed by atoms with E-state index >= 15 is 0 Å². The van der Waals surface area contributed by atoms with Crippen LogP contribution >= 0.6 is 0 Å². The van der Waals surface area contributed by atoms with Gasteiger partial charge in [-0.25, -0.2) is 4.68 Å². The zero-order chi connectivity index (χ0) is 22.1. The Morgan fingerprint density at radius 2 is 1.84 bits per heavy atom. The molecule has 31 heavy (non-hydrogen) atoms. The summed E-state index contributed by atoms with van der Waals surface area (Å²) in [6.45, 7) is 10.3. The quantitative estimate of drug-likeness (QED) is 0.757. The van der Waals surface area contributed by atoms with Crippen LogP contribution in [-0.4, -0.2) is 57.1 Å². The average molecular weight is 423 g/mol. The Kier molecular flexibility index (Phi) is 6.17. The third-order valence-corrected chi connectivity index (χ3v) is 6.96. The Morgan fingerprint density at radius 3 is 2.55 bits per heavy atom. The number of carbonyl (C=O) groups is 2. The maximum atomic E-state index is 13.4. The summed E-state index contributed by atoms with van der Waals surface area (Å²) in [5, 5.41) is 4.71. The van der Waals surface area contributed by atoms with Crippen molar-refractivity contribution in [3.8, 4) is 5.69 Å². The van der Waals surface area contributed by atoms with Gasteiger partial charge in [-0.15, -0.1) is 0 Å². The first kappa shape index (κ1) is 21.6. The van der Waals surface area contributed by atoms with E-state index in [9.17, 15) is 9.59 Å². The molecular weight excluding hydrogens is 388 g/mol. The highest BCUT2D eigenvalue weighted by molar-refractivity contribution is 5.80. The van der Waals surface area contributed by atoms with E-state index in [2.05, 4.69) is 4.90 Å². The largest absolute Gasteiger partial charge is 0.342 e. The van der Waals surface area contributed by atoms with Gasteiger partial charge in [-0.05, 0) is 51.2 Å². The van der Waals surface area contributed by atoms with E-state index < -0.39 is 0 Å². The lowest BCUT2D eigenvalue weighted by Gasteiger charge is -2.47. The Hall–Kier alpha value is -2.63. The van der Waals surface area contributed by atoms with Crippen molar-refractivity contribution in [2.45, 2.75) is 59.4 Å². The molecule has 0 saturated carbocycles. The highest BCUT2D eigenvalue weighted by Crippen LogP contribution is 2.32. The molecule has 0 unspecified atom stereocenters. The van der Waals surface area contributed by atoms with E-state index in [1.165, 1.54) is 0 Å². The molecule has 2 fully saturated rings. The SMILES string of the molecule is Cc1nn(-c2ccccc2)c(C)c1CC(=O)N1CCC[C@@H]2CN(C(=O)C(C)C)CC[C@H]21. The molecule has 0 N–H and O–H groups in total. The fourth-order valence-electron chi connectivity index (χ4n) is 5.28. The number of hydrogen-bond donors (Lipinski definition) is 0. The number of rotatable bonds is 4. The summed E-state index contributed by atoms with van der Waals surface area (Å²) in [6.07, 6.45) is 3.39. The molecule has 2 amide bonds. The van der Waals surface area contributed by atoms with Gasteiger partial charge in [0.2, 0.25) is 11.8 Å². The zero-order valence-electron chi connectivity index (χ0n) is 19.2. The number of piperidine rings is 2. The molecule has 3 heterocycles. The summed E-state index contributed by atoms with van der Waals surface area (Å²) in [6, 6.07) is 10.3. The second-order valence-electron chi connectivity index (χ2n) is 9.36. The molecule has 0 aliphatic carbocycles. The second kappa shape index (κ2) is 8.85. The molecule has 0 bridgehead atoms. The molecule has 4 rings (SSSR count). The number of hydrogen-bond acceptors (Lipinski definition) is 3.